The predicted octanol–water partition coefficient (Wildman–Crippen LogP) is 0.293. The van der Waals surface area contributed by atoms with E-state index in [1.54, 1.807) is 0 Å². The highest BCUT2D eigenvalue weighted by Crippen LogP contribution is 2.26. The fourth-order valence-electron chi connectivity index (χ4n) is 2.27. The lowest BCUT2D eigenvalue weighted by Crippen LogP contribution is -2.40. The second kappa shape index (κ2) is 4.16. The molecule has 0 spiro atoms. The van der Waals surface area contributed by atoms with E-state index in [2.05, 4.69) is 32.9 Å². The molecule has 0 radical (unpaired) electrons. The molecule has 1 aromatic carbocycles. The first-order chi connectivity index (χ1) is 7.54. The zero-order valence-corrected chi connectivity index (χ0v) is 10.5. The first-order valence-electron chi connectivity index (χ1n) is 6.21. The molecule has 0 unspecified atom stereocenters. The van der Waals surface area contributed by atoms with E-state index in [1.807, 2.05) is 6.07 Å². The van der Waals surface area contributed by atoms with Crippen LogP contribution in [0.5, 0.6) is 0 Å². The van der Waals surface area contributed by atoms with Crippen LogP contribution in [0.2, 0.25) is 0 Å². The number of benzene rings is 1. The Kier molecular flexibility index (Phi) is 3.01. The van der Waals surface area contributed by atoms with E-state index in [4.69, 9.17) is 0 Å². The van der Waals surface area contributed by atoms with Crippen molar-refractivity contribution >= 4 is 32.5 Å². The number of carbonyl (C=O) groups is 1. The van der Waals surface area contributed by atoms with Crippen molar-refractivity contribution in [2.75, 3.05) is 0 Å². The topological polar surface area (TPSA) is 17.1 Å². The van der Waals surface area contributed by atoms with Gasteiger partial charge in [-0.2, -0.15) is 0 Å². The molecule has 16 heavy (non-hydrogen) atoms. The summed E-state index contributed by atoms with van der Waals surface area (Å²) in [4.78, 5) is 11.7. The Morgan fingerprint density at radius 1 is 1.25 bits per heavy atom. The van der Waals surface area contributed by atoms with Gasteiger partial charge in [0.05, 0.1) is 7.06 Å². The smallest absolute Gasteiger partial charge is 0.168 e. The molecule has 2 rings (SSSR count). The molecular formula is C12H17B3O. The molecule has 1 aliphatic heterocycles. The van der Waals surface area contributed by atoms with Crippen LogP contribution < -0.4 is 5.46 Å². The molecule has 0 fully saturated rings. The summed E-state index contributed by atoms with van der Waals surface area (Å²) in [6, 6.07) is 6.41. The van der Waals surface area contributed by atoms with Gasteiger partial charge in [0.15, 0.2) is 7.17 Å². The zero-order chi connectivity index (χ0) is 11.8. The van der Waals surface area contributed by atoms with Gasteiger partial charge in [-0.15, -0.1) is 0 Å². The van der Waals surface area contributed by atoms with Crippen molar-refractivity contribution in [2.24, 2.45) is 0 Å². The van der Waals surface area contributed by atoms with Gasteiger partial charge < -0.3 is 4.79 Å². The Bertz CT molecular complexity index is 426. The molecule has 0 amide bonds. The highest BCUT2D eigenvalue weighted by Gasteiger charge is 2.23. The van der Waals surface area contributed by atoms with Gasteiger partial charge in [0.1, 0.15) is 12.9 Å². The molecule has 1 aliphatic rings. The van der Waals surface area contributed by atoms with Crippen LogP contribution in [0.3, 0.4) is 0 Å². The fourth-order valence-corrected chi connectivity index (χ4v) is 2.27. The predicted molar refractivity (Wildman–Crippen MR) is 75.2 cm³/mol. The van der Waals surface area contributed by atoms with Crippen molar-refractivity contribution in [3.63, 3.8) is 0 Å². The first-order valence-corrected chi connectivity index (χ1v) is 6.21. The summed E-state index contributed by atoms with van der Waals surface area (Å²) in [5, 5.41) is 0. The van der Waals surface area contributed by atoms with E-state index in [0.29, 0.717) is 5.68 Å². The van der Waals surface area contributed by atoms with Gasteiger partial charge in [0.25, 0.3) is 0 Å². The van der Waals surface area contributed by atoms with E-state index in [9.17, 15) is 4.79 Å². The van der Waals surface area contributed by atoms with Crippen LogP contribution in [0.15, 0.2) is 18.2 Å². The second-order valence-corrected chi connectivity index (χ2v) is 5.39. The van der Waals surface area contributed by atoms with Crippen LogP contribution in [0.4, 0.5) is 0 Å². The molecule has 1 nitrogen and oxygen atoms in total. The minimum atomic E-state index is 0.218. The minimum Gasteiger partial charge on any atom is -0.307 e. The summed E-state index contributed by atoms with van der Waals surface area (Å²) in [5.74, 6) is 0. The van der Waals surface area contributed by atoms with Gasteiger partial charge in [-0.05, 0) is 23.0 Å². The number of hydrogen-bond acceptors (Lipinski definition) is 1. The summed E-state index contributed by atoms with van der Waals surface area (Å²) < 4.78 is 0. The van der Waals surface area contributed by atoms with Crippen LogP contribution >= 0.6 is 0 Å². The third-order valence-corrected chi connectivity index (χ3v) is 3.92. The van der Waals surface area contributed by atoms with Crippen LogP contribution in [-0.4, -0.2) is 27.1 Å². The monoisotopic (exact) mass is 210 g/mol. The highest BCUT2D eigenvalue weighted by atomic mass is 16.1. The third-order valence-electron chi connectivity index (χ3n) is 3.92. The first kappa shape index (κ1) is 11.6. The Balaban J connectivity index is 2.43. The van der Waals surface area contributed by atoms with Crippen LogP contribution in [0.1, 0.15) is 43.1 Å². The summed E-state index contributed by atoms with van der Waals surface area (Å²) in [6.07, 6.45) is 1.12. The van der Waals surface area contributed by atoms with E-state index >= 15 is 0 Å². The average Bonchev–Trinajstić information content (AvgIpc) is 2.29. The summed E-state index contributed by atoms with van der Waals surface area (Å²) in [7, 11) is 2.81. The Morgan fingerprint density at radius 2 is 2.00 bits per heavy atom. The second-order valence-electron chi connectivity index (χ2n) is 5.39. The molecule has 0 saturated heterocycles. The molecular weight excluding hydrogens is 193 g/mol. The van der Waals surface area contributed by atoms with Crippen molar-refractivity contribution in [3.8, 4) is 0 Å². The lowest BCUT2D eigenvalue weighted by molar-refractivity contribution is 0.107. The number of fused-ring (bicyclic) bond motifs is 1. The van der Waals surface area contributed by atoms with Gasteiger partial charge in [0.2, 0.25) is 0 Å². The molecule has 0 bridgehead atoms. The number of carbonyl (C=O) groups excluding carboxylic acids is 1. The Hall–Kier alpha value is -0.915. The molecule has 0 atom stereocenters. The molecule has 1 heterocycles. The van der Waals surface area contributed by atoms with Crippen molar-refractivity contribution in [1.29, 1.82) is 0 Å². The summed E-state index contributed by atoms with van der Waals surface area (Å²) >= 11 is 0. The standard InChI is InChI=1S/C12H17B3O/c1-4-12(2,3)8-5-6-9-10(7-8)13-15-14-11(9)16/h5-7,13-15H,4H2,1-3H3. The quantitative estimate of drug-likeness (QED) is 0.641. The van der Waals surface area contributed by atoms with Gasteiger partial charge in [-0.25, -0.2) is 0 Å². The zero-order valence-electron chi connectivity index (χ0n) is 10.5. The minimum absolute atomic E-state index is 0.218. The molecule has 0 aromatic heterocycles. The number of hydrogen-bond donors (Lipinski definition) is 0. The maximum absolute atomic E-state index is 11.7. The maximum Gasteiger partial charge on any atom is 0.168 e. The summed E-state index contributed by atoms with van der Waals surface area (Å²) in [6.45, 7) is 6.74. The normalized spacial score (nSPS) is 14.6. The Labute approximate surface area is 99.7 Å². The largest absolute Gasteiger partial charge is 0.307 e. The maximum atomic E-state index is 11.7. The molecule has 4 heteroatoms. The van der Waals surface area contributed by atoms with E-state index < -0.39 is 0 Å². The molecule has 0 aliphatic carbocycles. The average molecular weight is 210 g/mol. The van der Waals surface area contributed by atoms with E-state index in [1.165, 1.54) is 11.0 Å². The van der Waals surface area contributed by atoms with Crippen LogP contribution in [-0.2, 0) is 5.41 Å². The van der Waals surface area contributed by atoms with Crippen LogP contribution in [0.25, 0.3) is 0 Å². The van der Waals surface area contributed by atoms with E-state index in [-0.39, 0.29) is 5.41 Å². The Morgan fingerprint density at radius 3 is 2.69 bits per heavy atom. The van der Waals surface area contributed by atoms with Crippen molar-refractivity contribution in [1.82, 2.24) is 0 Å². The van der Waals surface area contributed by atoms with Gasteiger partial charge >= 0.3 is 0 Å². The molecule has 80 valence electrons. The van der Waals surface area contributed by atoms with Gasteiger partial charge in [-0.3, -0.25) is 0 Å². The molecule has 0 saturated carbocycles. The highest BCUT2D eigenvalue weighted by molar-refractivity contribution is 7.41. The lowest BCUT2D eigenvalue weighted by Gasteiger charge is -2.25. The van der Waals surface area contributed by atoms with Crippen molar-refractivity contribution in [3.05, 3.63) is 29.3 Å². The summed E-state index contributed by atoms with van der Waals surface area (Å²) in [5.41, 5.74) is 4.12. The SMILES string of the molecule is CCC(C)(C)c1ccc2c(c1)BBBC2=O. The van der Waals surface area contributed by atoms with E-state index in [0.717, 1.165) is 33.4 Å². The molecule has 1 aromatic rings. The third kappa shape index (κ3) is 1.98. The molecule has 0 N–H and O–H groups in total. The van der Waals surface area contributed by atoms with Gasteiger partial charge in [-0.1, -0.05) is 44.4 Å². The fraction of sp³-hybridized carbons (Fsp3) is 0.417. The van der Waals surface area contributed by atoms with Gasteiger partial charge in [0, 0.05) is 0 Å². The lowest BCUT2D eigenvalue weighted by atomic mass is 9.14. The van der Waals surface area contributed by atoms with Crippen molar-refractivity contribution in [2.45, 2.75) is 32.6 Å². The van der Waals surface area contributed by atoms with Crippen molar-refractivity contribution < 1.29 is 4.79 Å². The van der Waals surface area contributed by atoms with Crippen LogP contribution in [0, 0.1) is 0 Å². The number of rotatable bonds is 2.